The van der Waals surface area contributed by atoms with E-state index in [1.807, 2.05) is 13.0 Å². The summed E-state index contributed by atoms with van der Waals surface area (Å²) in [5.41, 5.74) is 0. The molecule has 0 amide bonds. The van der Waals surface area contributed by atoms with E-state index in [0.29, 0.717) is 12.8 Å². The van der Waals surface area contributed by atoms with Crippen molar-refractivity contribution in [1.82, 2.24) is 0 Å². The van der Waals surface area contributed by atoms with Gasteiger partial charge in [-0.2, -0.15) is 0 Å². The molecular formula is C21H41O8P. The van der Waals surface area contributed by atoms with Crippen molar-refractivity contribution < 1.29 is 37.9 Å². The SMILES string of the molecule is C=CCCCCCCCC(=O)O[C@H](COC(=O)CCCC)COP(=O)(O)O.CCC. The van der Waals surface area contributed by atoms with Crippen molar-refractivity contribution in [3.63, 3.8) is 0 Å². The number of allylic oxidation sites excluding steroid dienone is 1. The second kappa shape index (κ2) is 21.0. The third-order valence-corrected chi connectivity index (χ3v) is 4.17. The van der Waals surface area contributed by atoms with E-state index in [4.69, 9.17) is 19.3 Å². The summed E-state index contributed by atoms with van der Waals surface area (Å²) in [6, 6.07) is 0. The first-order valence-corrected chi connectivity index (χ1v) is 12.4. The van der Waals surface area contributed by atoms with Gasteiger partial charge in [-0.25, -0.2) is 4.57 Å². The van der Waals surface area contributed by atoms with E-state index in [1.54, 1.807) is 0 Å². The fourth-order valence-electron chi connectivity index (χ4n) is 2.21. The molecule has 8 nitrogen and oxygen atoms in total. The van der Waals surface area contributed by atoms with E-state index in [0.717, 1.165) is 38.5 Å². The normalized spacial score (nSPS) is 11.8. The zero-order chi connectivity index (χ0) is 23.3. The van der Waals surface area contributed by atoms with Gasteiger partial charge in [-0.05, 0) is 25.7 Å². The van der Waals surface area contributed by atoms with Crippen molar-refractivity contribution in [2.24, 2.45) is 0 Å². The Kier molecular flexibility index (Phi) is 21.7. The summed E-state index contributed by atoms with van der Waals surface area (Å²) >= 11 is 0. The second-order valence-electron chi connectivity index (χ2n) is 6.99. The van der Waals surface area contributed by atoms with Crippen LogP contribution in [0.4, 0.5) is 0 Å². The average Bonchev–Trinajstić information content (AvgIpc) is 2.67. The van der Waals surface area contributed by atoms with Crippen LogP contribution in [0.25, 0.3) is 0 Å². The maximum Gasteiger partial charge on any atom is 0.469 e. The maximum atomic E-state index is 11.9. The molecule has 0 aromatic carbocycles. The molecule has 0 bridgehead atoms. The van der Waals surface area contributed by atoms with Crippen LogP contribution < -0.4 is 0 Å². The third kappa shape index (κ3) is 24.8. The fourth-order valence-corrected chi connectivity index (χ4v) is 2.57. The van der Waals surface area contributed by atoms with Gasteiger partial charge in [-0.1, -0.05) is 59.0 Å². The van der Waals surface area contributed by atoms with Crippen LogP contribution in [0, 0.1) is 0 Å². The summed E-state index contributed by atoms with van der Waals surface area (Å²) in [5.74, 6) is -0.960. The van der Waals surface area contributed by atoms with Gasteiger partial charge in [0, 0.05) is 12.8 Å². The van der Waals surface area contributed by atoms with Crippen molar-refractivity contribution in [2.75, 3.05) is 13.2 Å². The summed E-state index contributed by atoms with van der Waals surface area (Å²) in [6.45, 7) is 9.01. The number of hydrogen-bond acceptors (Lipinski definition) is 6. The van der Waals surface area contributed by atoms with Crippen molar-refractivity contribution in [1.29, 1.82) is 0 Å². The number of ether oxygens (including phenoxy) is 2. The molecule has 2 N–H and O–H groups in total. The lowest BCUT2D eigenvalue weighted by molar-refractivity contribution is -0.161. The highest BCUT2D eigenvalue weighted by Gasteiger charge is 2.22. The summed E-state index contributed by atoms with van der Waals surface area (Å²) in [5, 5.41) is 0. The molecule has 0 spiro atoms. The van der Waals surface area contributed by atoms with Gasteiger partial charge >= 0.3 is 19.8 Å². The van der Waals surface area contributed by atoms with Crippen molar-refractivity contribution in [2.45, 2.75) is 97.5 Å². The number of rotatable bonds is 17. The Hall–Kier alpha value is -1.21. The number of carbonyl (C=O) groups is 2. The highest BCUT2D eigenvalue weighted by atomic mass is 31.2. The molecule has 0 aliphatic heterocycles. The van der Waals surface area contributed by atoms with Crippen molar-refractivity contribution in [3.05, 3.63) is 12.7 Å². The molecule has 0 aromatic rings. The molecule has 0 aliphatic carbocycles. The number of esters is 2. The Morgan fingerprint density at radius 2 is 1.50 bits per heavy atom. The molecule has 0 fully saturated rings. The first-order chi connectivity index (χ1) is 14.2. The molecule has 0 unspecified atom stereocenters. The molecule has 1 atom stereocenters. The van der Waals surface area contributed by atoms with Crippen molar-refractivity contribution in [3.8, 4) is 0 Å². The smallest absolute Gasteiger partial charge is 0.462 e. The van der Waals surface area contributed by atoms with Crippen LogP contribution in [0.5, 0.6) is 0 Å². The largest absolute Gasteiger partial charge is 0.469 e. The second-order valence-corrected chi connectivity index (χ2v) is 8.23. The Morgan fingerprint density at radius 1 is 0.933 bits per heavy atom. The summed E-state index contributed by atoms with van der Waals surface area (Å²) in [6.07, 6.45) is 9.73. The molecule has 0 aliphatic rings. The summed E-state index contributed by atoms with van der Waals surface area (Å²) in [4.78, 5) is 41.0. The number of hydrogen-bond donors (Lipinski definition) is 2. The van der Waals surface area contributed by atoms with Crippen LogP contribution in [0.15, 0.2) is 12.7 Å². The lowest BCUT2D eigenvalue weighted by atomic mass is 10.1. The van der Waals surface area contributed by atoms with Crippen LogP contribution in [0.1, 0.15) is 91.4 Å². The van der Waals surface area contributed by atoms with Gasteiger partial charge in [0.1, 0.15) is 6.61 Å². The number of unbranched alkanes of at least 4 members (excludes halogenated alkanes) is 6. The monoisotopic (exact) mass is 452 g/mol. The summed E-state index contributed by atoms with van der Waals surface area (Å²) < 4.78 is 25.4. The van der Waals surface area contributed by atoms with Crippen molar-refractivity contribution >= 4 is 19.8 Å². The van der Waals surface area contributed by atoms with E-state index in [-0.39, 0.29) is 19.4 Å². The Labute approximate surface area is 181 Å². The van der Waals surface area contributed by atoms with E-state index >= 15 is 0 Å². The standard InChI is InChI=1S/C18H33O8P.C3H8/c1-3-5-7-8-9-10-11-13-18(20)26-16(15-25-27(21,22)23)14-24-17(19)12-6-4-2;1-3-2/h3,16H,1,4-15H2,2H3,(H2,21,22,23);3H2,1-2H3/t16-;/m1./s1. The summed E-state index contributed by atoms with van der Waals surface area (Å²) in [7, 11) is -4.71. The molecule has 0 heterocycles. The third-order valence-electron chi connectivity index (χ3n) is 3.68. The molecule has 178 valence electrons. The topological polar surface area (TPSA) is 119 Å². The quantitative estimate of drug-likeness (QED) is 0.136. The molecule has 30 heavy (non-hydrogen) atoms. The van der Waals surface area contributed by atoms with E-state index < -0.39 is 32.5 Å². The average molecular weight is 453 g/mol. The van der Waals surface area contributed by atoms with Gasteiger partial charge in [0.25, 0.3) is 0 Å². The highest BCUT2D eigenvalue weighted by Crippen LogP contribution is 2.35. The minimum Gasteiger partial charge on any atom is -0.462 e. The number of phosphoric ester groups is 1. The molecule has 0 aromatic heterocycles. The predicted octanol–water partition coefficient (Wildman–Crippen LogP) is 5.07. The number of phosphoric acid groups is 1. The van der Waals surface area contributed by atoms with E-state index in [1.165, 1.54) is 6.42 Å². The Balaban J connectivity index is 0. The minimum absolute atomic E-state index is 0.192. The van der Waals surface area contributed by atoms with Gasteiger partial charge in [-0.15, -0.1) is 6.58 Å². The first kappa shape index (κ1) is 31.0. The minimum atomic E-state index is -4.71. The molecule has 0 saturated heterocycles. The van der Waals surface area contributed by atoms with E-state index in [9.17, 15) is 14.2 Å². The van der Waals surface area contributed by atoms with Gasteiger partial charge in [0.05, 0.1) is 6.61 Å². The lowest BCUT2D eigenvalue weighted by Crippen LogP contribution is -2.29. The molecular weight excluding hydrogens is 411 g/mol. The first-order valence-electron chi connectivity index (χ1n) is 10.9. The Bertz CT molecular complexity index is 489. The molecule has 0 radical (unpaired) electrons. The van der Waals surface area contributed by atoms with Crippen LogP contribution in [-0.2, 0) is 28.2 Å². The molecule has 9 heteroatoms. The highest BCUT2D eigenvalue weighted by molar-refractivity contribution is 7.46. The predicted molar refractivity (Wildman–Crippen MR) is 117 cm³/mol. The Morgan fingerprint density at radius 3 is 2.07 bits per heavy atom. The fraction of sp³-hybridized carbons (Fsp3) is 0.810. The maximum absolute atomic E-state index is 11.9. The van der Waals surface area contributed by atoms with Crippen LogP contribution >= 0.6 is 7.82 Å². The van der Waals surface area contributed by atoms with Crippen LogP contribution in [0.2, 0.25) is 0 Å². The lowest BCUT2D eigenvalue weighted by Gasteiger charge is -2.18. The zero-order valence-electron chi connectivity index (χ0n) is 18.8. The van der Waals surface area contributed by atoms with Crippen LogP contribution in [0.3, 0.4) is 0 Å². The number of carbonyl (C=O) groups excluding carboxylic acids is 2. The van der Waals surface area contributed by atoms with E-state index in [2.05, 4.69) is 25.0 Å². The van der Waals surface area contributed by atoms with Gasteiger partial charge < -0.3 is 19.3 Å². The zero-order valence-corrected chi connectivity index (χ0v) is 19.7. The van der Waals surface area contributed by atoms with Gasteiger partial charge in [0.15, 0.2) is 6.10 Å². The van der Waals surface area contributed by atoms with Crippen LogP contribution in [-0.4, -0.2) is 41.0 Å². The molecule has 0 saturated carbocycles. The van der Waals surface area contributed by atoms with Gasteiger partial charge in [-0.3, -0.25) is 14.1 Å². The molecule has 0 rings (SSSR count). The van der Waals surface area contributed by atoms with Gasteiger partial charge in [0.2, 0.25) is 0 Å².